The molecule has 42 heavy (non-hydrogen) atoms. The molecule has 0 saturated carbocycles. The SMILES string of the molecule is CC1=Cc2c(cccc2N2CCCc3ccccc32)C1c1c(C)[cH-]c2c1=C(c1ccccc1)C(=[Si](C)C)CC=2.[Cl-].[Cl-].[Hf]. The molecule has 1 aliphatic heterocycles. The van der Waals surface area contributed by atoms with Crippen molar-refractivity contribution in [2.45, 2.75) is 52.1 Å². The summed E-state index contributed by atoms with van der Waals surface area (Å²) in [4.78, 5) is 2.57. The Labute approximate surface area is 283 Å². The van der Waals surface area contributed by atoms with E-state index in [1.54, 1.807) is 5.17 Å². The van der Waals surface area contributed by atoms with Crippen LogP contribution in [0.4, 0.5) is 11.4 Å². The smallest absolute Gasteiger partial charge is 0.0487 e. The average Bonchev–Trinajstić information content (AvgIpc) is 3.46. The summed E-state index contributed by atoms with van der Waals surface area (Å²) < 4.78 is 0. The molecule has 0 bridgehead atoms. The van der Waals surface area contributed by atoms with Gasteiger partial charge in [0.2, 0.25) is 0 Å². The monoisotopic (exact) mass is 772 g/mol. The van der Waals surface area contributed by atoms with Gasteiger partial charge >= 0.3 is 0 Å². The molecule has 0 N–H and O–H groups in total. The first-order chi connectivity index (χ1) is 19.0. The van der Waals surface area contributed by atoms with Crippen molar-refractivity contribution >= 4 is 42.7 Å². The van der Waals surface area contributed by atoms with Crippen LogP contribution in [-0.2, 0) is 32.3 Å². The van der Waals surface area contributed by atoms with Crippen LogP contribution in [-0.4, -0.2) is 20.1 Å². The van der Waals surface area contributed by atoms with Crippen LogP contribution in [0.15, 0.2) is 84.4 Å². The molecule has 7 rings (SSSR count). The van der Waals surface area contributed by atoms with E-state index in [0.717, 1.165) is 13.0 Å². The van der Waals surface area contributed by atoms with Crippen molar-refractivity contribution < 1.29 is 50.7 Å². The summed E-state index contributed by atoms with van der Waals surface area (Å²) in [6, 6.07) is 29.6. The summed E-state index contributed by atoms with van der Waals surface area (Å²) in [6.07, 6.45) is 8.44. The van der Waals surface area contributed by atoms with Crippen LogP contribution in [0, 0.1) is 6.92 Å². The normalized spacial score (nSPS) is 16.5. The Hall–Kier alpha value is -2.17. The summed E-state index contributed by atoms with van der Waals surface area (Å²) in [5, 5.41) is 4.57. The first kappa shape index (κ1) is 32.7. The van der Waals surface area contributed by atoms with Crippen LogP contribution < -0.4 is 40.2 Å². The van der Waals surface area contributed by atoms with Gasteiger partial charge in [-0.3, -0.25) is 0 Å². The maximum absolute atomic E-state index is 2.57. The second kappa shape index (κ2) is 13.2. The summed E-state index contributed by atoms with van der Waals surface area (Å²) in [5.41, 5.74) is 14.4. The fourth-order valence-corrected chi connectivity index (χ4v) is 8.61. The van der Waals surface area contributed by atoms with Gasteiger partial charge in [-0.15, -0.1) is 22.4 Å². The van der Waals surface area contributed by atoms with Crippen molar-refractivity contribution in [3.8, 4) is 0 Å². The number of halogens is 2. The predicted octanol–water partition coefficient (Wildman–Crippen LogP) is 1.24. The molecule has 1 atom stereocenters. The zero-order valence-electron chi connectivity index (χ0n) is 24.8. The molecule has 5 heteroatoms. The number of hydrogen-bond acceptors (Lipinski definition) is 1. The number of benzene rings is 3. The van der Waals surface area contributed by atoms with Crippen LogP contribution >= 0.6 is 0 Å². The van der Waals surface area contributed by atoms with E-state index in [1.807, 2.05) is 0 Å². The molecule has 3 aliphatic rings. The fraction of sp³-hybridized carbons (Fsp3) is 0.243. The second-order valence-corrected chi connectivity index (χ2v) is 14.3. The Morgan fingerprint density at radius 3 is 2.33 bits per heavy atom. The van der Waals surface area contributed by atoms with E-state index in [2.05, 4.69) is 123 Å². The first-order valence-corrected chi connectivity index (χ1v) is 16.9. The molecule has 1 heterocycles. The van der Waals surface area contributed by atoms with Gasteiger partial charge in [0.1, 0.15) is 0 Å². The third-order valence-electron chi connectivity index (χ3n) is 9.04. The van der Waals surface area contributed by atoms with E-state index >= 15 is 0 Å². The minimum absolute atomic E-state index is 0. The van der Waals surface area contributed by atoms with Gasteiger partial charge in [-0.2, -0.15) is 11.3 Å². The van der Waals surface area contributed by atoms with Crippen molar-refractivity contribution in [3.05, 3.63) is 128 Å². The van der Waals surface area contributed by atoms with Crippen LogP contribution in [0.3, 0.4) is 0 Å². The Bertz CT molecular complexity index is 1810. The molecule has 1 unspecified atom stereocenters. The van der Waals surface area contributed by atoms with Crippen molar-refractivity contribution in [3.63, 3.8) is 0 Å². The zero-order chi connectivity index (χ0) is 26.7. The summed E-state index contributed by atoms with van der Waals surface area (Å²) in [7, 11) is -0.598. The number of nitrogens with zero attached hydrogens (tertiary/aromatic N) is 1. The van der Waals surface area contributed by atoms with Gasteiger partial charge in [-0.1, -0.05) is 103 Å². The van der Waals surface area contributed by atoms with Gasteiger partial charge in [0.15, 0.2) is 0 Å². The third-order valence-corrected chi connectivity index (χ3v) is 10.7. The van der Waals surface area contributed by atoms with Crippen molar-refractivity contribution in [1.29, 1.82) is 0 Å². The number of rotatable bonds is 3. The predicted molar refractivity (Wildman–Crippen MR) is 170 cm³/mol. The van der Waals surface area contributed by atoms with Crippen LogP contribution in [0.2, 0.25) is 13.1 Å². The fourth-order valence-electron chi connectivity index (χ4n) is 7.33. The summed E-state index contributed by atoms with van der Waals surface area (Å²) >= 11 is 0. The van der Waals surface area contributed by atoms with Gasteiger partial charge in [0.25, 0.3) is 0 Å². The third kappa shape index (κ3) is 5.36. The van der Waals surface area contributed by atoms with Crippen molar-refractivity contribution in [2.75, 3.05) is 11.4 Å². The number of para-hydroxylation sites is 1. The van der Waals surface area contributed by atoms with Crippen LogP contribution in [0.1, 0.15) is 59.1 Å². The van der Waals surface area contributed by atoms with Crippen LogP contribution in [0.25, 0.3) is 17.7 Å². The molecular weight excluding hydrogens is 736 g/mol. The Balaban J connectivity index is 0.00000135. The summed E-state index contributed by atoms with van der Waals surface area (Å²) in [5.74, 6) is 0.291. The molecule has 0 fully saturated rings. The maximum Gasteiger partial charge on any atom is 0.0487 e. The quantitative estimate of drug-likeness (QED) is 0.224. The van der Waals surface area contributed by atoms with Gasteiger partial charge in [0.05, 0.1) is 0 Å². The molecule has 4 aromatic carbocycles. The zero-order valence-corrected chi connectivity index (χ0v) is 30.9. The number of fused-ring (bicyclic) bond motifs is 3. The minimum Gasteiger partial charge on any atom is -1.00 e. The second-order valence-electron chi connectivity index (χ2n) is 11.7. The maximum atomic E-state index is 2.57. The Kier molecular flexibility index (Phi) is 10.3. The number of allylic oxidation sites excluding steroid dienone is 1. The number of aryl methyl sites for hydroxylation is 2. The molecule has 2 aliphatic carbocycles. The Morgan fingerprint density at radius 1 is 0.857 bits per heavy atom. The molecule has 0 saturated heterocycles. The molecule has 0 spiro atoms. The number of anilines is 2. The average molecular weight is 772 g/mol. The molecule has 4 aromatic rings. The van der Waals surface area contributed by atoms with E-state index < -0.39 is 8.41 Å². The van der Waals surface area contributed by atoms with Crippen molar-refractivity contribution in [2.24, 2.45) is 0 Å². The Morgan fingerprint density at radius 2 is 1.57 bits per heavy atom. The standard InChI is InChI=1S/C37H36NSi.2ClH.Hf/c1-24-22-28-19-20-33(39(3)4)36(27-13-6-5-7-14-27)37(28)35(24)34-25(2)23-30-29(34)16-10-18-32(30)38-21-11-15-26-12-8-9-17-31(26)38;;;/h5-10,12-14,16-19,22-23,34H,11,15,20-21H2,1-4H3;2*1H;/q-1;;;/p-2. The van der Waals surface area contributed by atoms with E-state index in [4.69, 9.17) is 0 Å². The molecule has 214 valence electrons. The topological polar surface area (TPSA) is 3.24 Å². The van der Waals surface area contributed by atoms with E-state index in [9.17, 15) is 0 Å². The van der Waals surface area contributed by atoms with Gasteiger partial charge in [-0.25, -0.2) is 0 Å². The summed E-state index contributed by atoms with van der Waals surface area (Å²) in [6.45, 7) is 10.7. The van der Waals surface area contributed by atoms with Crippen molar-refractivity contribution in [1.82, 2.24) is 0 Å². The largest absolute Gasteiger partial charge is 1.00 e. The van der Waals surface area contributed by atoms with Gasteiger partial charge in [0, 0.05) is 57.7 Å². The molecule has 0 amide bonds. The van der Waals surface area contributed by atoms with Crippen LogP contribution in [0.5, 0.6) is 0 Å². The van der Waals surface area contributed by atoms with E-state index in [1.165, 1.54) is 79.2 Å². The van der Waals surface area contributed by atoms with E-state index in [0.29, 0.717) is 5.92 Å². The molecule has 0 aromatic heterocycles. The first-order valence-electron chi connectivity index (χ1n) is 14.4. The molecular formula is C37H36Cl2HfNSi-3. The minimum atomic E-state index is -0.598. The molecule has 1 nitrogen and oxygen atoms in total. The molecule has 0 radical (unpaired) electrons. The van der Waals surface area contributed by atoms with Gasteiger partial charge < -0.3 is 29.7 Å². The van der Waals surface area contributed by atoms with Gasteiger partial charge in [-0.05, 0) is 60.9 Å². The van der Waals surface area contributed by atoms with E-state index in [-0.39, 0.29) is 50.7 Å². The number of hydrogen-bond donors (Lipinski definition) is 0.